The van der Waals surface area contributed by atoms with E-state index in [1.807, 2.05) is 0 Å². The monoisotopic (exact) mass is 539 g/mol. The van der Waals surface area contributed by atoms with Crippen LogP contribution < -0.4 is 29.8 Å². The minimum Gasteiger partial charge on any atom is -0.495 e. The average molecular weight is 540 g/mol. The van der Waals surface area contributed by atoms with Gasteiger partial charge in [-0.3, -0.25) is 9.78 Å². The third-order valence-corrected chi connectivity index (χ3v) is 5.99. The molecule has 2 aromatic heterocycles. The van der Waals surface area contributed by atoms with Crippen molar-refractivity contribution in [3.63, 3.8) is 0 Å². The number of aliphatic hydroxyl groups is 1. The van der Waals surface area contributed by atoms with Crippen molar-refractivity contribution >= 4 is 39.9 Å². The SMILES string of the molecule is COc1ccc(Cl)cc1NC(=O)c1cc2c(CO)cnc(C)c2oc1=Nc1cc(OC)c(OC)c(OC)c1. The standard InChI is InChI=1S/C27H26ClN3O7/c1-14-24-18(15(13-32)12-29-14)11-19(26(33)31-20-8-16(28)6-7-21(20)34-2)27(38-24)30-17-9-22(35-3)25(37-5)23(10-17)36-4/h6-12,32H,13H2,1-5H3,(H,31,33). The Labute approximate surface area is 223 Å². The van der Waals surface area contributed by atoms with Crippen molar-refractivity contribution < 1.29 is 33.3 Å². The number of hydrogen-bond donors (Lipinski definition) is 2. The first kappa shape index (κ1) is 26.8. The van der Waals surface area contributed by atoms with Crippen LogP contribution >= 0.6 is 11.6 Å². The molecule has 2 heterocycles. The molecular formula is C27H26ClN3O7. The van der Waals surface area contributed by atoms with Crippen molar-refractivity contribution in [3.8, 4) is 23.0 Å². The van der Waals surface area contributed by atoms with Gasteiger partial charge in [-0.05, 0) is 31.2 Å². The smallest absolute Gasteiger partial charge is 0.261 e. The molecule has 0 saturated carbocycles. The quantitative estimate of drug-likeness (QED) is 0.327. The summed E-state index contributed by atoms with van der Waals surface area (Å²) in [6.45, 7) is 1.46. The van der Waals surface area contributed by atoms with E-state index in [0.717, 1.165) is 0 Å². The molecule has 2 aromatic carbocycles. The molecule has 4 aromatic rings. The van der Waals surface area contributed by atoms with Crippen LogP contribution in [0.2, 0.25) is 5.02 Å². The van der Waals surface area contributed by atoms with Gasteiger partial charge in [0.05, 0.1) is 52.1 Å². The molecule has 0 saturated heterocycles. The summed E-state index contributed by atoms with van der Waals surface area (Å²) < 4.78 is 27.7. The number of carbonyl (C=O) groups excluding carboxylic acids is 1. The van der Waals surface area contributed by atoms with Gasteiger partial charge in [0, 0.05) is 34.3 Å². The van der Waals surface area contributed by atoms with E-state index in [-0.39, 0.29) is 17.7 Å². The Morgan fingerprint density at radius 1 is 1.03 bits per heavy atom. The Kier molecular flexibility index (Phi) is 8.04. The number of ether oxygens (including phenoxy) is 4. The first-order chi connectivity index (χ1) is 18.3. The molecular weight excluding hydrogens is 514 g/mol. The zero-order valence-electron chi connectivity index (χ0n) is 21.4. The number of hydrogen-bond acceptors (Lipinski definition) is 9. The predicted molar refractivity (Wildman–Crippen MR) is 142 cm³/mol. The second kappa shape index (κ2) is 11.4. The number of nitrogens with one attached hydrogen (secondary N) is 1. The molecule has 38 heavy (non-hydrogen) atoms. The predicted octanol–water partition coefficient (Wildman–Crippen LogP) is 4.80. The highest BCUT2D eigenvalue weighted by Gasteiger charge is 2.19. The number of benzene rings is 2. The fourth-order valence-corrected chi connectivity index (χ4v) is 4.05. The molecule has 0 spiro atoms. The van der Waals surface area contributed by atoms with Crippen LogP contribution in [0.1, 0.15) is 21.6 Å². The molecule has 0 radical (unpaired) electrons. The number of anilines is 1. The maximum absolute atomic E-state index is 13.6. The van der Waals surface area contributed by atoms with Crippen LogP contribution in [0.25, 0.3) is 11.0 Å². The third kappa shape index (κ3) is 5.22. The normalized spacial score (nSPS) is 11.4. The largest absolute Gasteiger partial charge is 0.495 e. The van der Waals surface area contributed by atoms with Crippen LogP contribution in [0.4, 0.5) is 11.4 Å². The van der Waals surface area contributed by atoms with E-state index in [1.54, 1.807) is 43.3 Å². The van der Waals surface area contributed by atoms with Gasteiger partial charge in [0.1, 0.15) is 11.3 Å². The number of amides is 1. The van der Waals surface area contributed by atoms with E-state index in [9.17, 15) is 9.90 Å². The van der Waals surface area contributed by atoms with Crippen molar-refractivity contribution in [3.05, 3.63) is 70.0 Å². The second-order valence-corrected chi connectivity index (χ2v) is 8.47. The molecule has 2 N–H and O–H groups in total. The molecule has 0 fully saturated rings. The minimum absolute atomic E-state index is 0.00902. The van der Waals surface area contributed by atoms with Gasteiger partial charge in [0.25, 0.3) is 5.91 Å². The Morgan fingerprint density at radius 2 is 1.71 bits per heavy atom. The summed E-state index contributed by atoms with van der Waals surface area (Å²) >= 11 is 6.15. The van der Waals surface area contributed by atoms with Crippen LogP contribution in [-0.4, -0.2) is 44.4 Å². The Morgan fingerprint density at radius 3 is 2.32 bits per heavy atom. The van der Waals surface area contributed by atoms with Gasteiger partial charge in [-0.2, -0.15) is 0 Å². The van der Waals surface area contributed by atoms with E-state index in [4.69, 9.17) is 35.0 Å². The van der Waals surface area contributed by atoms with Crippen molar-refractivity contribution in [1.82, 2.24) is 4.98 Å². The fraction of sp³-hybridized carbons (Fsp3) is 0.222. The summed E-state index contributed by atoms with van der Waals surface area (Å²) in [5.41, 5.74) is 2.24. The molecule has 11 heteroatoms. The van der Waals surface area contributed by atoms with Crippen LogP contribution in [0.3, 0.4) is 0 Å². The fourth-order valence-electron chi connectivity index (χ4n) is 3.88. The topological polar surface area (TPSA) is 125 Å². The van der Waals surface area contributed by atoms with Crippen molar-refractivity contribution in [2.75, 3.05) is 33.8 Å². The number of pyridine rings is 1. The molecule has 0 aliphatic heterocycles. The first-order valence-electron chi connectivity index (χ1n) is 11.4. The van der Waals surface area contributed by atoms with E-state index in [2.05, 4.69) is 15.3 Å². The number of halogens is 1. The molecule has 198 valence electrons. The van der Waals surface area contributed by atoms with Crippen LogP contribution in [0, 0.1) is 6.92 Å². The zero-order valence-corrected chi connectivity index (χ0v) is 22.2. The highest BCUT2D eigenvalue weighted by molar-refractivity contribution is 6.31. The molecule has 10 nitrogen and oxygen atoms in total. The number of aliphatic hydroxyl groups excluding tert-OH is 1. The maximum Gasteiger partial charge on any atom is 0.261 e. The molecule has 0 aliphatic carbocycles. The lowest BCUT2D eigenvalue weighted by Gasteiger charge is -2.13. The van der Waals surface area contributed by atoms with E-state index in [1.165, 1.54) is 34.6 Å². The molecule has 4 rings (SSSR count). The molecule has 0 unspecified atom stereocenters. The van der Waals surface area contributed by atoms with E-state index in [0.29, 0.717) is 61.6 Å². The second-order valence-electron chi connectivity index (χ2n) is 8.03. The Bertz CT molecular complexity index is 1560. The number of carbonyl (C=O) groups is 1. The van der Waals surface area contributed by atoms with Gasteiger partial charge in [-0.15, -0.1) is 0 Å². The van der Waals surface area contributed by atoms with Gasteiger partial charge >= 0.3 is 0 Å². The van der Waals surface area contributed by atoms with Crippen molar-refractivity contribution in [2.24, 2.45) is 4.99 Å². The summed E-state index contributed by atoms with van der Waals surface area (Å²) in [6.07, 6.45) is 1.53. The number of aromatic nitrogens is 1. The van der Waals surface area contributed by atoms with Crippen molar-refractivity contribution in [1.29, 1.82) is 0 Å². The number of fused-ring (bicyclic) bond motifs is 1. The van der Waals surface area contributed by atoms with Gasteiger partial charge in [0.2, 0.25) is 11.3 Å². The summed E-state index contributed by atoms with van der Waals surface area (Å²) in [5.74, 6) is 1.02. The summed E-state index contributed by atoms with van der Waals surface area (Å²) in [6, 6.07) is 9.71. The first-order valence-corrected chi connectivity index (χ1v) is 11.7. The van der Waals surface area contributed by atoms with Crippen LogP contribution in [0.15, 0.2) is 52.0 Å². The van der Waals surface area contributed by atoms with E-state index < -0.39 is 5.91 Å². The lowest BCUT2D eigenvalue weighted by Crippen LogP contribution is -2.22. The average Bonchev–Trinajstić information content (AvgIpc) is 2.92. The summed E-state index contributed by atoms with van der Waals surface area (Å²) in [5, 5.41) is 13.6. The highest BCUT2D eigenvalue weighted by Crippen LogP contribution is 2.40. The van der Waals surface area contributed by atoms with Crippen LogP contribution in [0.5, 0.6) is 23.0 Å². The number of nitrogens with zero attached hydrogens (tertiary/aromatic N) is 2. The lowest BCUT2D eigenvalue weighted by molar-refractivity contribution is 0.102. The third-order valence-electron chi connectivity index (χ3n) is 5.76. The minimum atomic E-state index is -0.541. The summed E-state index contributed by atoms with van der Waals surface area (Å²) in [7, 11) is 5.96. The Hall–Kier alpha value is -4.28. The Balaban J connectivity index is 1.97. The van der Waals surface area contributed by atoms with Gasteiger partial charge < -0.3 is 33.8 Å². The number of rotatable bonds is 8. The van der Waals surface area contributed by atoms with Crippen molar-refractivity contribution in [2.45, 2.75) is 13.5 Å². The number of methoxy groups -OCH3 is 4. The van der Waals surface area contributed by atoms with Gasteiger partial charge in [0.15, 0.2) is 17.1 Å². The maximum atomic E-state index is 13.6. The summed E-state index contributed by atoms with van der Waals surface area (Å²) in [4.78, 5) is 22.5. The van der Waals surface area contributed by atoms with Crippen LogP contribution in [-0.2, 0) is 6.61 Å². The lowest BCUT2D eigenvalue weighted by atomic mass is 10.1. The zero-order chi connectivity index (χ0) is 27.4. The molecule has 0 atom stereocenters. The number of aryl methyl sites for hydroxylation is 1. The van der Waals surface area contributed by atoms with E-state index >= 15 is 0 Å². The molecule has 1 amide bonds. The highest BCUT2D eigenvalue weighted by atomic mass is 35.5. The molecule has 0 bridgehead atoms. The van der Waals surface area contributed by atoms with Gasteiger partial charge in [-0.25, -0.2) is 4.99 Å². The molecule has 0 aliphatic rings. The van der Waals surface area contributed by atoms with Gasteiger partial charge in [-0.1, -0.05) is 11.6 Å².